The van der Waals surface area contributed by atoms with Crippen molar-refractivity contribution < 1.29 is 0 Å². The lowest BCUT2D eigenvalue weighted by atomic mass is 9.93. The van der Waals surface area contributed by atoms with Gasteiger partial charge in [-0.2, -0.15) is 0 Å². The van der Waals surface area contributed by atoms with Gasteiger partial charge in [0.1, 0.15) is 0 Å². The number of hydrogen-bond donors (Lipinski definition) is 2. The van der Waals surface area contributed by atoms with Gasteiger partial charge < -0.3 is 11.5 Å². The standard InChI is InChI=1S/C23H25N.C11H16.C4H10.C3H6.CH5N/c1-17(10-12-19-6-5-7-20(14-19)16-24)22-13-11-18(2)23(15-22)21-8-3-4-9-21;1-3-4-8-11-9-6-5-7-10(11)2;1-3-4-2;1-3-2;1-2/h3-8,11,13-15H,1,9-10,12,16,24H2,2H3;5-7,9H,3-4,8H2,1-2H3;3-4H2,1-2H3;3H,1H2,2H3;2H2,1H3. The molecule has 3 aromatic rings. The van der Waals surface area contributed by atoms with Crippen LogP contribution >= 0.6 is 0 Å². The Labute approximate surface area is 271 Å². The van der Waals surface area contributed by atoms with Crippen molar-refractivity contribution in [3.8, 4) is 0 Å². The molecule has 0 atom stereocenters. The Morgan fingerprint density at radius 3 is 2.05 bits per heavy atom. The van der Waals surface area contributed by atoms with E-state index in [2.05, 4.69) is 138 Å². The van der Waals surface area contributed by atoms with E-state index in [-0.39, 0.29) is 0 Å². The molecule has 0 aromatic heterocycles. The average molecular weight is 595 g/mol. The quantitative estimate of drug-likeness (QED) is 0.229. The summed E-state index contributed by atoms with van der Waals surface area (Å²) in [6.07, 6.45) is 17.8. The zero-order valence-corrected chi connectivity index (χ0v) is 29.1. The summed E-state index contributed by atoms with van der Waals surface area (Å²) in [6, 6.07) is 23.9. The van der Waals surface area contributed by atoms with Gasteiger partial charge >= 0.3 is 0 Å². The highest BCUT2D eigenvalue weighted by Crippen LogP contribution is 2.29. The number of hydrogen-bond acceptors (Lipinski definition) is 2. The molecule has 4 N–H and O–H groups in total. The minimum absolute atomic E-state index is 0.596. The van der Waals surface area contributed by atoms with Crippen LogP contribution in [0.15, 0.2) is 104 Å². The van der Waals surface area contributed by atoms with Gasteiger partial charge in [-0.1, -0.05) is 132 Å². The van der Waals surface area contributed by atoms with Crippen LogP contribution in [0.3, 0.4) is 0 Å². The smallest absolute Gasteiger partial charge is 0.0178 e. The third-order valence-electron chi connectivity index (χ3n) is 7.27. The summed E-state index contributed by atoms with van der Waals surface area (Å²) in [5.41, 5.74) is 22.2. The molecule has 2 nitrogen and oxygen atoms in total. The van der Waals surface area contributed by atoms with E-state index < -0.39 is 0 Å². The Morgan fingerprint density at radius 2 is 1.48 bits per heavy atom. The fraction of sp³-hybridized carbons (Fsp3) is 0.381. The van der Waals surface area contributed by atoms with Crippen LogP contribution in [0, 0.1) is 13.8 Å². The predicted octanol–water partition coefficient (Wildman–Crippen LogP) is 11.4. The Hall–Kier alpha value is -3.46. The molecule has 0 bridgehead atoms. The van der Waals surface area contributed by atoms with E-state index >= 15 is 0 Å². The van der Waals surface area contributed by atoms with Crippen molar-refractivity contribution in [2.24, 2.45) is 11.5 Å². The van der Waals surface area contributed by atoms with Crippen LogP contribution in [-0.4, -0.2) is 7.05 Å². The first-order valence-corrected chi connectivity index (χ1v) is 16.5. The largest absolute Gasteiger partial charge is 0.333 e. The number of nitrogens with two attached hydrogens (primary N) is 2. The van der Waals surface area contributed by atoms with Crippen LogP contribution in [0.1, 0.15) is 105 Å². The number of rotatable bonds is 10. The number of benzene rings is 3. The normalized spacial score (nSPS) is 10.8. The molecule has 240 valence electrons. The molecule has 2 heteroatoms. The molecule has 0 spiro atoms. The second-order valence-corrected chi connectivity index (χ2v) is 10.9. The summed E-state index contributed by atoms with van der Waals surface area (Å²) in [4.78, 5) is 0. The molecule has 0 saturated carbocycles. The van der Waals surface area contributed by atoms with Gasteiger partial charge in [0.2, 0.25) is 0 Å². The van der Waals surface area contributed by atoms with E-state index in [0.29, 0.717) is 6.54 Å². The molecule has 0 heterocycles. The highest BCUT2D eigenvalue weighted by atomic mass is 14.5. The lowest BCUT2D eigenvalue weighted by molar-refractivity contribution is 0.791. The molecule has 0 unspecified atom stereocenters. The lowest BCUT2D eigenvalue weighted by Gasteiger charge is -2.12. The molecule has 0 amide bonds. The van der Waals surface area contributed by atoms with Crippen molar-refractivity contribution >= 4 is 11.1 Å². The Balaban J connectivity index is 0.000000766. The maximum Gasteiger partial charge on any atom is 0.0178 e. The molecule has 0 aliphatic heterocycles. The van der Waals surface area contributed by atoms with Gasteiger partial charge in [-0.3, -0.25) is 0 Å². The first kappa shape index (κ1) is 40.5. The van der Waals surface area contributed by atoms with Crippen LogP contribution in [0.25, 0.3) is 11.1 Å². The van der Waals surface area contributed by atoms with E-state index in [1.54, 1.807) is 6.08 Å². The number of aryl methyl sites for hydroxylation is 4. The van der Waals surface area contributed by atoms with Gasteiger partial charge in [-0.05, 0) is 116 Å². The molecule has 0 radical (unpaired) electrons. The number of allylic oxidation sites excluding steroid dienone is 6. The highest BCUT2D eigenvalue weighted by molar-refractivity contribution is 5.76. The molecular formula is C42H62N2. The minimum atomic E-state index is 0.596. The van der Waals surface area contributed by atoms with E-state index in [4.69, 9.17) is 5.73 Å². The summed E-state index contributed by atoms with van der Waals surface area (Å²) >= 11 is 0. The Morgan fingerprint density at radius 1 is 0.818 bits per heavy atom. The van der Waals surface area contributed by atoms with Crippen LogP contribution < -0.4 is 11.5 Å². The summed E-state index contributed by atoms with van der Waals surface area (Å²) < 4.78 is 0. The monoisotopic (exact) mass is 594 g/mol. The molecule has 1 aliphatic rings. The van der Waals surface area contributed by atoms with E-state index in [0.717, 1.165) is 19.3 Å². The fourth-order valence-electron chi connectivity index (χ4n) is 4.44. The second-order valence-electron chi connectivity index (χ2n) is 10.9. The van der Waals surface area contributed by atoms with Gasteiger partial charge in [-0.15, -0.1) is 6.58 Å². The first-order valence-electron chi connectivity index (χ1n) is 16.5. The van der Waals surface area contributed by atoms with Crippen molar-refractivity contribution in [3.05, 3.63) is 143 Å². The van der Waals surface area contributed by atoms with E-state index in [9.17, 15) is 0 Å². The predicted molar refractivity (Wildman–Crippen MR) is 201 cm³/mol. The molecule has 0 saturated heterocycles. The van der Waals surface area contributed by atoms with Gasteiger partial charge in [0, 0.05) is 6.54 Å². The van der Waals surface area contributed by atoms with E-state index in [1.165, 1.54) is 89.2 Å². The van der Waals surface area contributed by atoms with Crippen LogP contribution in [0.4, 0.5) is 0 Å². The number of unbranched alkanes of at least 4 members (excludes halogenated alkanes) is 2. The van der Waals surface area contributed by atoms with Crippen molar-refractivity contribution in [3.63, 3.8) is 0 Å². The molecule has 4 rings (SSSR count). The van der Waals surface area contributed by atoms with Gasteiger partial charge in [0.25, 0.3) is 0 Å². The molecule has 0 fully saturated rings. The van der Waals surface area contributed by atoms with Crippen molar-refractivity contribution in [2.45, 2.75) is 99.5 Å². The van der Waals surface area contributed by atoms with Crippen LogP contribution in [0.2, 0.25) is 0 Å². The summed E-state index contributed by atoms with van der Waals surface area (Å²) in [6.45, 7) is 21.1. The third-order valence-corrected chi connectivity index (χ3v) is 7.27. The van der Waals surface area contributed by atoms with E-state index in [1.807, 2.05) is 6.92 Å². The molecular weight excluding hydrogens is 532 g/mol. The zero-order chi connectivity index (χ0) is 33.2. The maximum atomic E-state index is 5.73. The minimum Gasteiger partial charge on any atom is -0.333 e. The molecule has 1 aliphatic carbocycles. The highest BCUT2D eigenvalue weighted by Gasteiger charge is 2.09. The molecule has 44 heavy (non-hydrogen) atoms. The summed E-state index contributed by atoms with van der Waals surface area (Å²) in [5, 5.41) is 0. The van der Waals surface area contributed by atoms with Crippen molar-refractivity contribution in [1.29, 1.82) is 0 Å². The second kappa shape index (κ2) is 26.0. The lowest BCUT2D eigenvalue weighted by Crippen LogP contribution is -1.97. The van der Waals surface area contributed by atoms with Crippen molar-refractivity contribution in [1.82, 2.24) is 0 Å². The SMILES string of the molecule is C=C(CCc1cccc(CN)c1)c1ccc(C)c(C2=CC=CC2)c1.C=CC.CCCC.CCCCc1ccccc1C.CN. The first-order chi connectivity index (χ1) is 21.3. The fourth-order valence-corrected chi connectivity index (χ4v) is 4.44. The summed E-state index contributed by atoms with van der Waals surface area (Å²) in [7, 11) is 1.50. The van der Waals surface area contributed by atoms with Crippen molar-refractivity contribution in [2.75, 3.05) is 7.05 Å². The molecule has 3 aromatic carbocycles. The van der Waals surface area contributed by atoms with Gasteiger partial charge in [-0.25, -0.2) is 0 Å². The topological polar surface area (TPSA) is 52.0 Å². The summed E-state index contributed by atoms with van der Waals surface area (Å²) in [5.74, 6) is 0. The average Bonchev–Trinajstić information content (AvgIpc) is 3.60. The van der Waals surface area contributed by atoms with Crippen LogP contribution in [-0.2, 0) is 19.4 Å². The Bertz CT molecular complexity index is 1260. The van der Waals surface area contributed by atoms with Crippen LogP contribution in [0.5, 0.6) is 0 Å². The third kappa shape index (κ3) is 16.4. The maximum absolute atomic E-state index is 5.73. The zero-order valence-electron chi connectivity index (χ0n) is 29.1. The van der Waals surface area contributed by atoms with Gasteiger partial charge in [0.05, 0.1) is 0 Å². The Kier molecular flexibility index (Phi) is 23.9. The van der Waals surface area contributed by atoms with Gasteiger partial charge in [0.15, 0.2) is 0 Å².